The van der Waals surface area contributed by atoms with Crippen LogP contribution in [0.1, 0.15) is 56.3 Å². The van der Waals surface area contributed by atoms with E-state index in [9.17, 15) is 8.78 Å². The molecule has 1 aliphatic rings. The smallest absolute Gasteiger partial charge is 0.212 e. The number of ether oxygens (including phenoxy) is 1. The minimum absolute atomic E-state index is 0.0217. The summed E-state index contributed by atoms with van der Waals surface area (Å²) in [6.45, 7) is 2.79. The summed E-state index contributed by atoms with van der Waals surface area (Å²) in [5.41, 5.74) is 1.09. The zero-order valence-corrected chi connectivity index (χ0v) is 15.5. The average Bonchev–Trinajstić information content (AvgIpc) is 3.29. The van der Waals surface area contributed by atoms with E-state index < -0.39 is 11.6 Å². The Hall–Kier alpha value is -1.95. The number of hydrogen-bond acceptors (Lipinski definition) is 3. The summed E-state index contributed by atoms with van der Waals surface area (Å²) in [5.74, 6) is 0.415. The van der Waals surface area contributed by atoms with E-state index in [4.69, 9.17) is 4.74 Å². The third-order valence-corrected chi connectivity index (χ3v) is 5.25. The molecule has 1 aliphatic carbocycles. The first-order valence-electron chi connectivity index (χ1n) is 9.38. The van der Waals surface area contributed by atoms with Gasteiger partial charge >= 0.3 is 0 Å². The summed E-state index contributed by atoms with van der Waals surface area (Å²) >= 11 is 0. The summed E-state index contributed by atoms with van der Waals surface area (Å²) in [5, 5.41) is 7.82. The Morgan fingerprint density at radius 1 is 1.27 bits per heavy atom. The van der Waals surface area contributed by atoms with Crippen LogP contribution in [0.3, 0.4) is 0 Å². The Bertz CT molecular complexity index is 726. The third kappa shape index (κ3) is 4.61. The maximum atomic E-state index is 13.8. The summed E-state index contributed by atoms with van der Waals surface area (Å²) in [7, 11) is 1.88. The van der Waals surface area contributed by atoms with Crippen LogP contribution < -0.4 is 10.1 Å². The lowest BCUT2D eigenvalue weighted by Gasteiger charge is -2.12. The van der Waals surface area contributed by atoms with Crippen LogP contribution in [0.4, 0.5) is 8.78 Å². The molecule has 1 aromatic carbocycles. The number of benzene rings is 1. The fourth-order valence-corrected chi connectivity index (χ4v) is 3.46. The molecule has 0 radical (unpaired) electrons. The molecule has 0 spiro atoms. The summed E-state index contributed by atoms with van der Waals surface area (Å²) in [4.78, 5) is 0. The van der Waals surface area contributed by atoms with Crippen LogP contribution in [-0.4, -0.2) is 16.8 Å². The van der Waals surface area contributed by atoms with Crippen LogP contribution in [0, 0.1) is 17.6 Å². The molecule has 2 aromatic rings. The predicted octanol–water partition coefficient (Wildman–Crippen LogP) is 4.60. The van der Waals surface area contributed by atoms with E-state index in [0.717, 1.165) is 36.7 Å². The van der Waals surface area contributed by atoms with E-state index in [1.807, 2.05) is 24.7 Å². The Morgan fingerprint density at radius 2 is 2.04 bits per heavy atom. The van der Waals surface area contributed by atoms with Gasteiger partial charge in [-0.05, 0) is 44.5 Å². The highest BCUT2D eigenvalue weighted by Gasteiger charge is 2.18. The van der Waals surface area contributed by atoms with Crippen LogP contribution in [-0.2, 0) is 13.2 Å². The van der Waals surface area contributed by atoms with Gasteiger partial charge in [-0.3, -0.25) is 0 Å². The monoisotopic (exact) mass is 363 g/mol. The Labute approximate surface area is 153 Å². The van der Waals surface area contributed by atoms with Gasteiger partial charge in [0.1, 0.15) is 18.2 Å². The summed E-state index contributed by atoms with van der Waals surface area (Å²) < 4.78 is 34.9. The van der Waals surface area contributed by atoms with Crippen molar-refractivity contribution in [3.63, 3.8) is 0 Å². The van der Waals surface area contributed by atoms with E-state index in [-0.39, 0.29) is 18.2 Å². The number of rotatable bonds is 8. The molecule has 1 N–H and O–H groups in total. The van der Waals surface area contributed by atoms with Crippen molar-refractivity contribution in [2.75, 3.05) is 7.05 Å². The molecule has 1 fully saturated rings. The predicted molar refractivity (Wildman–Crippen MR) is 97.0 cm³/mol. The number of aryl methyl sites for hydroxylation is 1. The molecule has 1 atom stereocenters. The number of aromatic nitrogens is 2. The van der Waals surface area contributed by atoms with E-state index in [0.29, 0.717) is 5.88 Å². The van der Waals surface area contributed by atoms with Crippen molar-refractivity contribution < 1.29 is 13.5 Å². The zero-order valence-electron chi connectivity index (χ0n) is 15.5. The second kappa shape index (κ2) is 8.62. The Balaban J connectivity index is 1.72. The van der Waals surface area contributed by atoms with Gasteiger partial charge in [-0.15, -0.1) is 0 Å². The molecular formula is C20H27F2N3O. The number of halogens is 2. The van der Waals surface area contributed by atoms with Crippen LogP contribution in [0.15, 0.2) is 24.3 Å². The van der Waals surface area contributed by atoms with Crippen molar-refractivity contribution in [1.82, 2.24) is 15.1 Å². The van der Waals surface area contributed by atoms with Gasteiger partial charge in [-0.2, -0.15) is 5.10 Å². The van der Waals surface area contributed by atoms with Crippen molar-refractivity contribution in [2.24, 2.45) is 5.92 Å². The number of hydrogen-bond donors (Lipinski definition) is 1. The number of nitrogens with zero attached hydrogens (tertiary/aromatic N) is 2. The van der Waals surface area contributed by atoms with E-state index >= 15 is 0 Å². The van der Waals surface area contributed by atoms with E-state index in [1.54, 1.807) is 0 Å². The highest BCUT2D eigenvalue weighted by atomic mass is 19.1. The molecular weight excluding hydrogens is 336 g/mol. The fraction of sp³-hybridized carbons (Fsp3) is 0.550. The van der Waals surface area contributed by atoms with Gasteiger partial charge in [-0.25, -0.2) is 13.5 Å². The standard InChI is InChI=1S/C20H27F2N3O/c1-14(23-2)19-12-20(25(24-19)10-9-15-5-3-4-6-15)26-13-16-11-17(21)7-8-18(16)22/h7-8,11-12,14-15,23H,3-6,9-10,13H2,1-2H3/t14-/m1/s1. The van der Waals surface area contributed by atoms with Crippen molar-refractivity contribution in [3.8, 4) is 5.88 Å². The highest BCUT2D eigenvalue weighted by molar-refractivity contribution is 5.21. The first-order chi connectivity index (χ1) is 12.6. The quantitative estimate of drug-likeness (QED) is 0.745. The summed E-state index contributed by atoms with van der Waals surface area (Å²) in [6.07, 6.45) is 6.26. The van der Waals surface area contributed by atoms with Gasteiger partial charge in [0, 0.05) is 24.2 Å². The van der Waals surface area contributed by atoms with Gasteiger partial charge in [0.15, 0.2) is 0 Å². The molecule has 1 heterocycles. The van der Waals surface area contributed by atoms with Crippen LogP contribution >= 0.6 is 0 Å². The van der Waals surface area contributed by atoms with E-state index in [2.05, 4.69) is 10.4 Å². The molecule has 6 heteroatoms. The van der Waals surface area contributed by atoms with Gasteiger partial charge < -0.3 is 10.1 Å². The molecule has 0 aliphatic heterocycles. The number of nitrogens with one attached hydrogen (secondary N) is 1. The van der Waals surface area contributed by atoms with Crippen LogP contribution in [0.2, 0.25) is 0 Å². The third-order valence-electron chi connectivity index (χ3n) is 5.25. The van der Waals surface area contributed by atoms with Crippen LogP contribution in [0.5, 0.6) is 5.88 Å². The Kier molecular flexibility index (Phi) is 6.25. The highest BCUT2D eigenvalue weighted by Crippen LogP contribution is 2.29. The maximum Gasteiger partial charge on any atom is 0.212 e. The minimum atomic E-state index is -0.468. The molecule has 3 rings (SSSR count). The average molecular weight is 363 g/mol. The van der Waals surface area contributed by atoms with Crippen LogP contribution in [0.25, 0.3) is 0 Å². The molecule has 0 saturated heterocycles. The topological polar surface area (TPSA) is 39.1 Å². The molecule has 0 amide bonds. The SMILES string of the molecule is CN[C@H](C)c1cc(OCc2cc(F)ccc2F)n(CCC2CCCC2)n1. The van der Waals surface area contributed by atoms with Gasteiger partial charge in [-0.1, -0.05) is 25.7 Å². The lowest BCUT2D eigenvalue weighted by atomic mass is 10.0. The van der Waals surface area contributed by atoms with Crippen molar-refractivity contribution in [1.29, 1.82) is 0 Å². The second-order valence-electron chi connectivity index (χ2n) is 7.10. The van der Waals surface area contributed by atoms with Crippen molar-refractivity contribution in [2.45, 2.75) is 58.2 Å². The summed E-state index contributed by atoms with van der Waals surface area (Å²) in [6, 6.07) is 5.38. The lowest BCUT2D eigenvalue weighted by molar-refractivity contribution is 0.262. The molecule has 0 bridgehead atoms. The molecule has 1 aromatic heterocycles. The molecule has 0 unspecified atom stereocenters. The van der Waals surface area contributed by atoms with Gasteiger partial charge in [0.2, 0.25) is 5.88 Å². The Morgan fingerprint density at radius 3 is 2.77 bits per heavy atom. The first kappa shape index (κ1) is 18.8. The van der Waals surface area contributed by atoms with Crippen molar-refractivity contribution in [3.05, 3.63) is 47.2 Å². The molecule has 4 nitrogen and oxygen atoms in total. The normalized spacial score (nSPS) is 16.2. The minimum Gasteiger partial charge on any atom is -0.473 e. The largest absolute Gasteiger partial charge is 0.473 e. The lowest BCUT2D eigenvalue weighted by Crippen LogP contribution is -2.14. The van der Waals surface area contributed by atoms with Crippen molar-refractivity contribution >= 4 is 0 Å². The zero-order chi connectivity index (χ0) is 18.5. The fourth-order valence-electron chi connectivity index (χ4n) is 3.46. The van der Waals surface area contributed by atoms with Gasteiger partial charge in [0.25, 0.3) is 0 Å². The second-order valence-corrected chi connectivity index (χ2v) is 7.10. The molecule has 26 heavy (non-hydrogen) atoms. The maximum absolute atomic E-state index is 13.8. The molecule has 142 valence electrons. The molecule has 1 saturated carbocycles. The van der Waals surface area contributed by atoms with E-state index in [1.165, 1.54) is 31.7 Å². The van der Waals surface area contributed by atoms with Gasteiger partial charge in [0.05, 0.1) is 5.69 Å². The first-order valence-corrected chi connectivity index (χ1v) is 9.38.